The smallest absolute Gasteiger partial charge is 0.420 e. The first-order valence-electron chi connectivity index (χ1n) is 7.53. The second-order valence-electron chi connectivity index (χ2n) is 5.43. The fraction of sp³-hybridized carbons (Fsp3) is 0.167. The number of carbonyl (C=O) groups is 2. The van der Waals surface area contributed by atoms with Gasteiger partial charge in [-0.05, 0) is 31.2 Å². The van der Waals surface area contributed by atoms with Crippen LogP contribution in [0.5, 0.6) is 0 Å². The molecule has 0 spiro atoms. The zero-order chi connectivity index (χ0) is 18.0. The number of esters is 1. The van der Waals surface area contributed by atoms with Crippen molar-refractivity contribution >= 4 is 38.8 Å². The van der Waals surface area contributed by atoms with E-state index in [9.17, 15) is 14.4 Å². The van der Waals surface area contributed by atoms with E-state index in [4.69, 9.17) is 9.15 Å². The molecule has 0 saturated heterocycles. The van der Waals surface area contributed by atoms with Crippen LogP contribution < -0.4 is 5.76 Å². The number of carbonyl (C=O) groups excluding carboxylic acids is 2. The van der Waals surface area contributed by atoms with E-state index in [2.05, 4.69) is 15.9 Å². The molecule has 0 radical (unpaired) electrons. The number of ether oxygens (including phenoxy) is 1. The maximum absolute atomic E-state index is 12.3. The Bertz CT molecular complexity index is 987. The number of nitrogens with zero attached hydrogens (tertiary/aromatic N) is 1. The van der Waals surface area contributed by atoms with Crippen LogP contribution in [-0.2, 0) is 16.1 Å². The standard InChI is InChI=1S/C18H14BrNO5/c1-11(17(22)12-6-8-13(19)9-7-12)24-16(21)10-20-14-4-2-3-5-15(14)25-18(20)23/h2-9,11H,10H2,1H3/t11-/m1/s1. The lowest BCUT2D eigenvalue weighted by atomic mass is 10.1. The van der Waals surface area contributed by atoms with Crippen LogP contribution in [0.2, 0.25) is 0 Å². The van der Waals surface area contributed by atoms with Gasteiger partial charge in [0.25, 0.3) is 0 Å². The Morgan fingerprint density at radius 1 is 1.16 bits per heavy atom. The summed E-state index contributed by atoms with van der Waals surface area (Å²) in [5.41, 5.74) is 1.32. The van der Waals surface area contributed by atoms with Crippen LogP contribution in [0.3, 0.4) is 0 Å². The van der Waals surface area contributed by atoms with E-state index in [1.54, 1.807) is 48.5 Å². The molecule has 7 heteroatoms. The lowest BCUT2D eigenvalue weighted by Gasteiger charge is -2.12. The molecule has 0 aliphatic heterocycles. The molecule has 1 atom stereocenters. The maximum Gasteiger partial charge on any atom is 0.420 e. The summed E-state index contributed by atoms with van der Waals surface area (Å²) in [6.07, 6.45) is -0.956. The molecule has 0 aliphatic carbocycles. The van der Waals surface area contributed by atoms with Crippen molar-refractivity contribution in [3.8, 4) is 0 Å². The van der Waals surface area contributed by atoms with E-state index in [-0.39, 0.29) is 12.3 Å². The Hall–Kier alpha value is -2.67. The molecule has 3 rings (SSSR count). The largest absolute Gasteiger partial charge is 0.453 e. The zero-order valence-corrected chi connectivity index (χ0v) is 14.9. The van der Waals surface area contributed by atoms with E-state index in [0.717, 1.165) is 4.47 Å². The highest BCUT2D eigenvalue weighted by Gasteiger charge is 2.21. The fourth-order valence-electron chi connectivity index (χ4n) is 2.43. The van der Waals surface area contributed by atoms with E-state index in [1.807, 2.05) is 0 Å². The van der Waals surface area contributed by atoms with Gasteiger partial charge in [-0.3, -0.25) is 14.2 Å². The highest BCUT2D eigenvalue weighted by Crippen LogP contribution is 2.14. The zero-order valence-electron chi connectivity index (χ0n) is 13.3. The van der Waals surface area contributed by atoms with Crippen molar-refractivity contribution in [1.82, 2.24) is 4.57 Å². The van der Waals surface area contributed by atoms with Crippen molar-refractivity contribution in [2.24, 2.45) is 0 Å². The highest BCUT2D eigenvalue weighted by molar-refractivity contribution is 9.10. The van der Waals surface area contributed by atoms with E-state index in [0.29, 0.717) is 16.7 Å². The first-order chi connectivity index (χ1) is 12.0. The minimum absolute atomic E-state index is 0.315. The molecule has 25 heavy (non-hydrogen) atoms. The number of para-hydroxylation sites is 2. The monoisotopic (exact) mass is 403 g/mol. The molecule has 0 unspecified atom stereocenters. The predicted octanol–water partition coefficient (Wildman–Crippen LogP) is 3.17. The van der Waals surface area contributed by atoms with Gasteiger partial charge in [0.2, 0.25) is 5.78 Å². The van der Waals surface area contributed by atoms with Crippen molar-refractivity contribution in [2.45, 2.75) is 19.6 Å². The summed E-state index contributed by atoms with van der Waals surface area (Å²) >= 11 is 3.29. The number of hydrogen-bond acceptors (Lipinski definition) is 5. The van der Waals surface area contributed by atoms with Crippen molar-refractivity contribution in [3.05, 3.63) is 69.1 Å². The van der Waals surface area contributed by atoms with Gasteiger partial charge in [0.05, 0.1) is 5.52 Å². The molecule has 128 valence electrons. The van der Waals surface area contributed by atoms with Crippen LogP contribution in [0.15, 0.2) is 62.2 Å². The van der Waals surface area contributed by atoms with Crippen LogP contribution in [0.1, 0.15) is 17.3 Å². The average Bonchev–Trinajstić information content (AvgIpc) is 2.90. The number of fused-ring (bicyclic) bond motifs is 1. The summed E-state index contributed by atoms with van der Waals surface area (Å²) in [6.45, 7) is 1.17. The highest BCUT2D eigenvalue weighted by atomic mass is 79.9. The van der Waals surface area contributed by atoms with Gasteiger partial charge in [-0.2, -0.15) is 0 Å². The molecule has 0 bridgehead atoms. The normalized spacial score (nSPS) is 12.1. The minimum Gasteiger partial charge on any atom is -0.453 e. The first-order valence-corrected chi connectivity index (χ1v) is 8.32. The van der Waals surface area contributed by atoms with E-state index < -0.39 is 17.8 Å². The third kappa shape index (κ3) is 3.71. The topological polar surface area (TPSA) is 78.5 Å². The first kappa shape index (κ1) is 17.2. The number of Topliss-reactive ketones (excluding diaryl/α,β-unsaturated/α-hetero) is 1. The summed E-state index contributed by atoms with van der Waals surface area (Å²) in [4.78, 5) is 36.3. The average molecular weight is 404 g/mol. The second-order valence-corrected chi connectivity index (χ2v) is 6.34. The molecule has 0 N–H and O–H groups in total. The third-order valence-corrected chi connectivity index (χ3v) is 4.20. The molecule has 1 heterocycles. The van der Waals surface area contributed by atoms with Gasteiger partial charge in [-0.1, -0.05) is 40.2 Å². The van der Waals surface area contributed by atoms with Crippen molar-refractivity contribution in [2.75, 3.05) is 0 Å². The third-order valence-electron chi connectivity index (χ3n) is 3.67. The summed E-state index contributed by atoms with van der Waals surface area (Å²) in [5.74, 6) is -1.65. The number of hydrogen-bond donors (Lipinski definition) is 0. The van der Waals surface area contributed by atoms with Crippen LogP contribution in [0, 0.1) is 0 Å². The van der Waals surface area contributed by atoms with E-state index >= 15 is 0 Å². The molecular formula is C18H14BrNO5. The molecule has 6 nitrogen and oxygen atoms in total. The summed E-state index contributed by atoms with van der Waals surface area (Å²) in [6, 6.07) is 13.5. The van der Waals surface area contributed by atoms with Crippen LogP contribution >= 0.6 is 15.9 Å². The number of benzene rings is 2. The molecule has 0 fully saturated rings. The fourth-order valence-corrected chi connectivity index (χ4v) is 2.69. The SMILES string of the molecule is C[C@@H](OC(=O)Cn1c(=O)oc2ccccc21)C(=O)c1ccc(Br)cc1. The Morgan fingerprint density at radius 3 is 2.56 bits per heavy atom. The van der Waals surface area contributed by atoms with Gasteiger partial charge >= 0.3 is 11.7 Å². The number of oxazole rings is 1. The Balaban J connectivity index is 1.71. The number of halogens is 1. The second kappa shape index (κ2) is 7.06. The van der Waals surface area contributed by atoms with Crippen molar-refractivity contribution < 1.29 is 18.7 Å². The molecule has 0 amide bonds. The Kier molecular flexibility index (Phi) is 4.85. The van der Waals surface area contributed by atoms with Crippen molar-refractivity contribution in [1.29, 1.82) is 0 Å². The number of rotatable bonds is 5. The molecule has 0 saturated carbocycles. The van der Waals surface area contributed by atoms with E-state index in [1.165, 1.54) is 11.5 Å². The number of aromatic nitrogens is 1. The summed E-state index contributed by atoms with van der Waals surface area (Å²) in [5, 5.41) is 0. The van der Waals surface area contributed by atoms with Gasteiger partial charge in [0, 0.05) is 10.0 Å². The van der Waals surface area contributed by atoms with Crippen LogP contribution in [0.4, 0.5) is 0 Å². The number of ketones is 1. The molecule has 2 aromatic carbocycles. The Morgan fingerprint density at radius 2 is 1.84 bits per heavy atom. The Labute approximate surface area is 151 Å². The van der Waals surface area contributed by atoms with Gasteiger partial charge in [-0.25, -0.2) is 4.79 Å². The maximum atomic E-state index is 12.3. The van der Waals surface area contributed by atoms with Crippen LogP contribution in [0.25, 0.3) is 11.1 Å². The van der Waals surface area contributed by atoms with Gasteiger partial charge in [-0.15, -0.1) is 0 Å². The molecule has 0 aliphatic rings. The minimum atomic E-state index is -0.956. The molecule has 1 aromatic heterocycles. The molecule has 3 aromatic rings. The van der Waals surface area contributed by atoms with Gasteiger partial charge in [0.1, 0.15) is 6.54 Å². The van der Waals surface area contributed by atoms with Gasteiger partial charge < -0.3 is 9.15 Å². The predicted molar refractivity (Wildman–Crippen MR) is 94.5 cm³/mol. The summed E-state index contributed by atoms with van der Waals surface area (Å²) in [7, 11) is 0. The van der Waals surface area contributed by atoms with Gasteiger partial charge in [0.15, 0.2) is 11.7 Å². The summed E-state index contributed by atoms with van der Waals surface area (Å²) < 4.78 is 12.3. The molecular weight excluding hydrogens is 390 g/mol. The van der Waals surface area contributed by atoms with Crippen LogP contribution in [-0.4, -0.2) is 22.4 Å². The lowest BCUT2D eigenvalue weighted by Crippen LogP contribution is -2.28. The lowest BCUT2D eigenvalue weighted by molar-refractivity contribution is -0.147. The quantitative estimate of drug-likeness (QED) is 0.482. The van der Waals surface area contributed by atoms with Crippen molar-refractivity contribution in [3.63, 3.8) is 0 Å².